The van der Waals surface area contributed by atoms with Crippen LogP contribution in [0.15, 0.2) is 24.5 Å². The molecule has 21 heavy (non-hydrogen) atoms. The SMILES string of the molecule is CC(C)c1nc2cc(N)ccc2n1CCc1ncn(C)n1. The Morgan fingerprint density at radius 2 is 2.10 bits per heavy atom. The van der Waals surface area contributed by atoms with Gasteiger partial charge in [0.15, 0.2) is 5.82 Å². The van der Waals surface area contributed by atoms with Gasteiger partial charge in [-0.15, -0.1) is 0 Å². The maximum atomic E-state index is 5.86. The first-order valence-corrected chi connectivity index (χ1v) is 7.15. The zero-order valence-corrected chi connectivity index (χ0v) is 12.6. The van der Waals surface area contributed by atoms with Gasteiger partial charge in [-0.2, -0.15) is 5.10 Å². The molecular weight excluding hydrogens is 264 g/mol. The summed E-state index contributed by atoms with van der Waals surface area (Å²) in [5.74, 6) is 2.28. The summed E-state index contributed by atoms with van der Waals surface area (Å²) < 4.78 is 3.97. The van der Waals surface area contributed by atoms with Gasteiger partial charge in [-0.3, -0.25) is 4.68 Å². The molecule has 0 unspecified atom stereocenters. The lowest BCUT2D eigenvalue weighted by atomic mass is 10.2. The molecule has 1 aromatic carbocycles. The molecule has 0 bridgehead atoms. The molecule has 2 N–H and O–H groups in total. The molecule has 0 aliphatic heterocycles. The van der Waals surface area contributed by atoms with E-state index in [1.165, 1.54) is 0 Å². The number of aromatic nitrogens is 5. The van der Waals surface area contributed by atoms with Gasteiger partial charge in [-0.05, 0) is 18.2 Å². The van der Waals surface area contributed by atoms with Crippen molar-refractivity contribution in [3.63, 3.8) is 0 Å². The molecule has 0 aliphatic carbocycles. The molecule has 6 nitrogen and oxygen atoms in total. The Morgan fingerprint density at radius 3 is 2.76 bits per heavy atom. The fourth-order valence-corrected chi connectivity index (χ4v) is 2.55. The Labute approximate surface area is 123 Å². The molecule has 0 fully saturated rings. The highest BCUT2D eigenvalue weighted by atomic mass is 15.3. The van der Waals surface area contributed by atoms with Crippen LogP contribution >= 0.6 is 0 Å². The van der Waals surface area contributed by atoms with Gasteiger partial charge in [0.1, 0.15) is 12.2 Å². The molecule has 0 atom stereocenters. The third-order valence-corrected chi connectivity index (χ3v) is 3.52. The van der Waals surface area contributed by atoms with E-state index in [4.69, 9.17) is 10.7 Å². The van der Waals surface area contributed by atoms with Crippen molar-refractivity contribution in [2.45, 2.75) is 32.7 Å². The Morgan fingerprint density at radius 1 is 1.29 bits per heavy atom. The lowest BCUT2D eigenvalue weighted by molar-refractivity contribution is 0.617. The highest BCUT2D eigenvalue weighted by Gasteiger charge is 2.14. The van der Waals surface area contributed by atoms with Gasteiger partial charge < -0.3 is 10.3 Å². The number of nitrogens with two attached hydrogens (primary N) is 1. The summed E-state index contributed by atoms with van der Waals surface area (Å²) in [6.45, 7) is 5.12. The van der Waals surface area contributed by atoms with Crippen LogP contribution in [-0.4, -0.2) is 24.3 Å². The van der Waals surface area contributed by atoms with E-state index in [1.807, 2.05) is 25.2 Å². The second-order valence-corrected chi connectivity index (χ2v) is 5.61. The van der Waals surface area contributed by atoms with Crippen molar-refractivity contribution in [3.8, 4) is 0 Å². The zero-order chi connectivity index (χ0) is 15.0. The van der Waals surface area contributed by atoms with E-state index in [0.29, 0.717) is 5.92 Å². The maximum Gasteiger partial charge on any atom is 0.152 e. The molecule has 3 aromatic rings. The van der Waals surface area contributed by atoms with Gasteiger partial charge in [-0.25, -0.2) is 9.97 Å². The van der Waals surface area contributed by atoms with Crippen molar-refractivity contribution in [3.05, 3.63) is 36.2 Å². The number of hydrogen-bond donors (Lipinski definition) is 1. The number of aryl methyl sites for hydroxylation is 3. The summed E-state index contributed by atoms with van der Waals surface area (Å²) in [7, 11) is 1.88. The first kappa shape index (κ1) is 13.6. The number of nitrogen functional groups attached to an aromatic ring is 1. The van der Waals surface area contributed by atoms with Crippen LogP contribution in [0.1, 0.15) is 31.4 Å². The van der Waals surface area contributed by atoms with E-state index in [-0.39, 0.29) is 0 Å². The van der Waals surface area contributed by atoms with Crippen molar-refractivity contribution in [2.75, 3.05) is 5.73 Å². The van der Waals surface area contributed by atoms with Crippen LogP contribution in [0.25, 0.3) is 11.0 Å². The van der Waals surface area contributed by atoms with Gasteiger partial charge in [0.2, 0.25) is 0 Å². The maximum absolute atomic E-state index is 5.86. The van der Waals surface area contributed by atoms with Crippen LogP contribution in [0, 0.1) is 0 Å². The summed E-state index contributed by atoms with van der Waals surface area (Å²) >= 11 is 0. The first-order valence-electron chi connectivity index (χ1n) is 7.15. The molecule has 0 amide bonds. The summed E-state index contributed by atoms with van der Waals surface area (Å²) in [5.41, 5.74) is 8.67. The quantitative estimate of drug-likeness (QED) is 0.745. The number of anilines is 1. The third-order valence-electron chi connectivity index (χ3n) is 3.52. The zero-order valence-electron chi connectivity index (χ0n) is 12.6. The van der Waals surface area contributed by atoms with Gasteiger partial charge in [-0.1, -0.05) is 13.8 Å². The number of rotatable bonds is 4. The average Bonchev–Trinajstić information content (AvgIpc) is 2.99. The van der Waals surface area contributed by atoms with Crippen molar-refractivity contribution < 1.29 is 0 Å². The molecule has 0 saturated carbocycles. The van der Waals surface area contributed by atoms with Crippen molar-refractivity contribution in [1.82, 2.24) is 24.3 Å². The molecule has 110 valence electrons. The summed E-state index contributed by atoms with van der Waals surface area (Å²) in [6.07, 6.45) is 2.52. The van der Waals surface area contributed by atoms with Crippen LogP contribution in [0.2, 0.25) is 0 Å². The van der Waals surface area contributed by atoms with Crippen LogP contribution in [0.5, 0.6) is 0 Å². The predicted molar refractivity (Wildman–Crippen MR) is 82.9 cm³/mol. The minimum Gasteiger partial charge on any atom is -0.399 e. The Kier molecular flexibility index (Phi) is 3.37. The number of benzene rings is 1. The number of hydrogen-bond acceptors (Lipinski definition) is 4. The van der Waals surface area contributed by atoms with E-state index in [2.05, 4.69) is 28.5 Å². The highest BCUT2D eigenvalue weighted by molar-refractivity contribution is 5.79. The molecule has 2 heterocycles. The second-order valence-electron chi connectivity index (χ2n) is 5.61. The van der Waals surface area contributed by atoms with E-state index < -0.39 is 0 Å². The highest BCUT2D eigenvalue weighted by Crippen LogP contribution is 2.23. The van der Waals surface area contributed by atoms with Gasteiger partial charge in [0, 0.05) is 31.6 Å². The summed E-state index contributed by atoms with van der Waals surface area (Å²) in [5, 5.41) is 4.33. The molecule has 0 radical (unpaired) electrons. The summed E-state index contributed by atoms with van der Waals surface area (Å²) in [6, 6.07) is 5.88. The molecule has 0 saturated heterocycles. The fraction of sp³-hybridized carbons (Fsp3) is 0.400. The smallest absolute Gasteiger partial charge is 0.152 e. The molecular formula is C15H20N6. The molecule has 0 spiro atoms. The molecule has 0 aliphatic rings. The largest absolute Gasteiger partial charge is 0.399 e. The number of imidazole rings is 1. The van der Waals surface area contributed by atoms with E-state index in [9.17, 15) is 0 Å². The number of nitrogens with zero attached hydrogens (tertiary/aromatic N) is 5. The Bertz CT molecular complexity index is 768. The predicted octanol–water partition coefficient (Wildman–Crippen LogP) is 2.11. The normalized spacial score (nSPS) is 11.6. The molecule has 2 aromatic heterocycles. The standard InChI is InChI=1S/C15H20N6/c1-10(2)15-18-12-8-11(16)4-5-13(12)21(15)7-6-14-17-9-20(3)19-14/h4-5,8-10H,6-7,16H2,1-3H3. The van der Waals surface area contributed by atoms with E-state index in [0.717, 1.165) is 41.3 Å². The second kappa shape index (κ2) is 5.20. The topological polar surface area (TPSA) is 74.5 Å². The third kappa shape index (κ3) is 2.61. The van der Waals surface area contributed by atoms with Crippen molar-refractivity contribution >= 4 is 16.7 Å². The van der Waals surface area contributed by atoms with Crippen molar-refractivity contribution in [1.29, 1.82) is 0 Å². The molecule has 6 heteroatoms. The lowest BCUT2D eigenvalue weighted by Crippen LogP contribution is -2.08. The monoisotopic (exact) mass is 284 g/mol. The Hall–Kier alpha value is -2.37. The minimum atomic E-state index is 0.357. The van der Waals surface area contributed by atoms with Crippen LogP contribution in [0.3, 0.4) is 0 Å². The minimum absolute atomic E-state index is 0.357. The van der Waals surface area contributed by atoms with Crippen molar-refractivity contribution in [2.24, 2.45) is 7.05 Å². The van der Waals surface area contributed by atoms with Crippen LogP contribution in [0.4, 0.5) is 5.69 Å². The Balaban J connectivity index is 1.97. The van der Waals surface area contributed by atoms with Crippen LogP contribution in [-0.2, 0) is 20.0 Å². The van der Waals surface area contributed by atoms with Gasteiger partial charge in [0.05, 0.1) is 11.0 Å². The number of fused-ring (bicyclic) bond motifs is 1. The van der Waals surface area contributed by atoms with Crippen LogP contribution < -0.4 is 5.73 Å². The van der Waals surface area contributed by atoms with E-state index >= 15 is 0 Å². The molecule has 3 rings (SSSR count). The first-order chi connectivity index (χ1) is 10.0. The lowest BCUT2D eigenvalue weighted by Gasteiger charge is -2.10. The van der Waals surface area contributed by atoms with Gasteiger partial charge in [0.25, 0.3) is 0 Å². The fourth-order valence-electron chi connectivity index (χ4n) is 2.55. The average molecular weight is 284 g/mol. The van der Waals surface area contributed by atoms with Gasteiger partial charge >= 0.3 is 0 Å². The van der Waals surface area contributed by atoms with E-state index in [1.54, 1.807) is 11.0 Å². The summed E-state index contributed by atoms with van der Waals surface area (Å²) in [4.78, 5) is 9.01.